The topological polar surface area (TPSA) is 30.5 Å². The Morgan fingerprint density at radius 2 is 2.24 bits per heavy atom. The van der Waals surface area contributed by atoms with Gasteiger partial charge in [0.15, 0.2) is 5.75 Å². The summed E-state index contributed by atoms with van der Waals surface area (Å²) in [4.78, 5) is 0. The number of para-hydroxylation sites is 1. The SMILES string of the molecule is CCOCCOc1c(Cl)cccc1NCSS. The number of ether oxygens (including phenoxy) is 2. The highest BCUT2D eigenvalue weighted by Crippen LogP contribution is 2.33. The standard InChI is InChI=1S/C11H16ClNO2S2/c1-2-14-6-7-15-11-9(12)4-3-5-10(11)13-8-17-16/h3-5,13,16H,2,6-8H2,1H3. The molecule has 0 amide bonds. The number of anilines is 1. The van der Waals surface area contributed by atoms with E-state index in [-0.39, 0.29) is 0 Å². The van der Waals surface area contributed by atoms with Gasteiger partial charge in [-0.2, -0.15) is 0 Å². The third-order valence-corrected chi connectivity index (χ3v) is 2.93. The van der Waals surface area contributed by atoms with Crippen LogP contribution in [-0.2, 0) is 4.74 Å². The monoisotopic (exact) mass is 293 g/mol. The van der Waals surface area contributed by atoms with E-state index in [1.807, 2.05) is 19.1 Å². The maximum atomic E-state index is 6.09. The molecule has 0 saturated carbocycles. The molecule has 0 aromatic heterocycles. The molecule has 1 rings (SSSR count). The zero-order valence-electron chi connectivity index (χ0n) is 9.61. The van der Waals surface area contributed by atoms with Gasteiger partial charge in [0.05, 0.1) is 23.2 Å². The summed E-state index contributed by atoms with van der Waals surface area (Å²) in [5.41, 5.74) is 0.871. The highest BCUT2D eigenvalue weighted by Gasteiger charge is 2.07. The van der Waals surface area contributed by atoms with Crippen molar-refractivity contribution in [3.05, 3.63) is 23.2 Å². The lowest BCUT2D eigenvalue weighted by Crippen LogP contribution is -2.08. The minimum absolute atomic E-state index is 0.486. The molecular formula is C11H16ClNO2S2. The molecule has 0 aliphatic carbocycles. The van der Waals surface area contributed by atoms with Gasteiger partial charge in [-0.05, 0) is 19.1 Å². The summed E-state index contributed by atoms with van der Waals surface area (Å²) in [6.45, 7) is 3.68. The number of rotatable bonds is 8. The zero-order valence-corrected chi connectivity index (χ0v) is 12.1. The van der Waals surface area contributed by atoms with Crippen LogP contribution in [0, 0.1) is 0 Å². The van der Waals surface area contributed by atoms with Crippen molar-refractivity contribution in [1.29, 1.82) is 0 Å². The first-order chi connectivity index (χ1) is 8.29. The van der Waals surface area contributed by atoms with Crippen LogP contribution in [0.5, 0.6) is 5.75 Å². The van der Waals surface area contributed by atoms with Crippen LogP contribution in [0.2, 0.25) is 5.02 Å². The van der Waals surface area contributed by atoms with E-state index < -0.39 is 0 Å². The van der Waals surface area contributed by atoms with Gasteiger partial charge in [0.2, 0.25) is 0 Å². The third kappa shape index (κ3) is 5.29. The Kier molecular flexibility index (Phi) is 7.68. The van der Waals surface area contributed by atoms with Crippen molar-refractivity contribution in [2.45, 2.75) is 6.92 Å². The number of halogens is 1. The fourth-order valence-corrected chi connectivity index (χ4v) is 1.89. The van der Waals surface area contributed by atoms with E-state index in [4.69, 9.17) is 21.1 Å². The lowest BCUT2D eigenvalue weighted by atomic mass is 10.3. The molecule has 1 aromatic rings. The maximum Gasteiger partial charge on any atom is 0.161 e. The highest BCUT2D eigenvalue weighted by atomic mass is 35.5. The van der Waals surface area contributed by atoms with Crippen LogP contribution in [0.4, 0.5) is 5.69 Å². The van der Waals surface area contributed by atoms with E-state index in [0.717, 1.165) is 5.69 Å². The molecule has 1 aromatic carbocycles. The molecule has 0 fully saturated rings. The Morgan fingerprint density at radius 1 is 1.41 bits per heavy atom. The van der Waals surface area contributed by atoms with Crippen molar-refractivity contribution < 1.29 is 9.47 Å². The summed E-state index contributed by atoms with van der Waals surface area (Å²) in [6, 6.07) is 5.60. The van der Waals surface area contributed by atoms with Crippen molar-refractivity contribution in [2.24, 2.45) is 0 Å². The third-order valence-electron chi connectivity index (χ3n) is 1.97. The Balaban J connectivity index is 2.60. The lowest BCUT2D eigenvalue weighted by Gasteiger charge is -2.13. The molecule has 0 unspecified atom stereocenters. The van der Waals surface area contributed by atoms with Crippen LogP contribution in [0.15, 0.2) is 18.2 Å². The molecule has 0 aliphatic heterocycles. The summed E-state index contributed by atoms with van der Waals surface area (Å²) in [6.07, 6.45) is 0. The largest absolute Gasteiger partial charge is 0.487 e. The Bertz CT molecular complexity index is 339. The number of hydrogen-bond acceptors (Lipinski definition) is 5. The van der Waals surface area contributed by atoms with Crippen LogP contribution >= 0.6 is 34.1 Å². The quantitative estimate of drug-likeness (QED) is 0.331. The molecule has 6 heteroatoms. The minimum Gasteiger partial charge on any atom is -0.487 e. The summed E-state index contributed by atoms with van der Waals surface area (Å²) >= 11 is 10.2. The molecule has 0 heterocycles. The fraction of sp³-hybridized carbons (Fsp3) is 0.455. The van der Waals surface area contributed by atoms with Crippen molar-refractivity contribution in [1.82, 2.24) is 0 Å². The van der Waals surface area contributed by atoms with Gasteiger partial charge in [-0.15, -0.1) is 11.7 Å². The van der Waals surface area contributed by atoms with Gasteiger partial charge in [-0.1, -0.05) is 28.5 Å². The second-order valence-electron chi connectivity index (χ2n) is 3.11. The molecule has 0 atom stereocenters. The molecule has 0 saturated heterocycles. The van der Waals surface area contributed by atoms with Gasteiger partial charge in [0, 0.05) is 6.61 Å². The number of hydrogen-bond donors (Lipinski definition) is 2. The first-order valence-electron chi connectivity index (χ1n) is 5.29. The average Bonchev–Trinajstić information content (AvgIpc) is 2.34. The first-order valence-corrected chi connectivity index (χ1v) is 7.70. The highest BCUT2D eigenvalue weighted by molar-refractivity contribution is 8.68. The summed E-state index contributed by atoms with van der Waals surface area (Å²) in [7, 11) is 1.40. The summed E-state index contributed by atoms with van der Waals surface area (Å²) in [5, 5.41) is 3.77. The second kappa shape index (κ2) is 8.80. The van der Waals surface area contributed by atoms with Crippen LogP contribution in [-0.4, -0.2) is 25.7 Å². The van der Waals surface area contributed by atoms with E-state index in [1.165, 1.54) is 10.8 Å². The van der Waals surface area contributed by atoms with E-state index in [0.29, 0.717) is 36.5 Å². The van der Waals surface area contributed by atoms with Crippen LogP contribution in [0.25, 0.3) is 0 Å². The Hall–Kier alpha value is -0.230. The van der Waals surface area contributed by atoms with Crippen LogP contribution in [0.1, 0.15) is 6.92 Å². The lowest BCUT2D eigenvalue weighted by molar-refractivity contribution is 0.110. The number of nitrogens with one attached hydrogen (secondary N) is 1. The minimum atomic E-state index is 0.486. The van der Waals surface area contributed by atoms with E-state index in [9.17, 15) is 0 Å². The average molecular weight is 294 g/mol. The second-order valence-corrected chi connectivity index (χ2v) is 4.84. The number of thiol groups is 1. The van der Waals surface area contributed by atoms with Gasteiger partial charge < -0.3 is 14.8 Å². The number of benzene rings is 1. The van der Waals surface area contributed by atoms with Gasteiger partial charge in [-0.3, -0.25) is 0 Å². The van der Waals surface area contributed by atoms with Crippen LogP contribution < -0.4 is 10.1 Å². The summed E-state index contributed by atoms with van der Waals surface area (Å²) < 4.78 is 10.8. The van der Waals surface area contributed by atoms with Gasteiger partial charge in [0.1, 0.15) is 6.61 Å². The molecule has 17 heavy (non-hydrogen) atoms. The molecule has 0 spiro atoms. The Morgan fingerprint density at radius 3 is 2.94 bits per heavy atom. The predicted molar refractivity (Wildman–Crippen MR) is 78.5 cm³/mol. The normalized spacial score (nSPS) is 10.3. The molecule has 96 valence electrons. The van der Waals surface area contributed by atoms with Gasteiger partial charge >= 0.3 is 0 Å². The first kappa shape index (κ1) is 14.8. The zero-order chi connectivity index (χ0) is 12.5. The van der Waals surface area contributed by atoms with Gasteiger partial charge in [0.25, 0.3) is 0 Å². The molecule has 0 bridgehead atoms. The van der Waals surface area contributed by atoms with Crippen molar-refractivity contribution in [2.75, 3.05) is 31.0 Å². The van der Waals surface area contributed by atoms with E-state index in [1.54, 1.807) is 6.07 Å². The van der Waals surface area contributed by atoms with Gasteiger partial charge in [-0.25, -0.2) is 0 Å². The molecule has 1 N–H and O–H groups in total. The summed E-state index contributed by atoms with van der Waals surface area (Å²) in [5.74, 6) is 1.35. The maximum absolute atomic E-state index is 6.09. The predicted octanol–water partition coefficient (Wildman–Crippen LogP) is 3.70. The smallest absolute Gasteiger partial charge is 0.161 e. The Labute approximate surface area is 116 Å². The van der Waals surface area contributed by atoms with Crippen LogP contribution in [0.3, 0.4) is 0 Å². The molecule has 0 aliphatic rings. The molecule has 0 radical (unpaired) electrons. The molecular weight excluding hydrogens is 278 g/mol. The fourth-order valence-electron chi connectivity index (χ4n) is 1.25. The van der Waals surface area contributed by atoms with Crippen molar-refractivity contribution in [3.63, 3.8) is 0 Å². The molecule has 3 nitrogen and oxygen atoms in total. The van der Waals surface area contributed by atoms with E-state index >= 15 is 0 Å². The van der Waals surface area contributed by atoms with E-state index in [2.05, 4.69) is 17.0 Å². The van der Waals surface area contributed by atoms with Crippen molar-refractivity contribution in [3.8, 4) is 5.75 Å². The van der Waals surface area contributed by atoms with Crippen molar-refractivity contribution >= 4 is 39.7 Å².